The normalized spacial score (nSPS) is 16.8. The third-order valence-electron chi connectivity index (χ3n) is 4.85. The Bertz CT molecular complexity index is 943. The number of ether oxygens (including phenoxy) is 1. The molecular formula is C22H25Cl2N3O3. The standard InChI is InChI=1S/C22H25Cl2N3O3/c1-22(2,3)21(29)27-10-6-7-14(13-27)19(28)26-17-8-4-5-9-18(17)30-20-16(24)11-15(23)12-25-20/h4-5,8-9,11-12,14H,6-7,10,13H2,1-3H3,(H,26,28). The van der Waals surface area contributed by atoms with Gasteiger partial charge in [-0.3, -0.25) is 9.59 Å². The minimum atomic E-state index is -0.469. The van der Waals surface area contributed by atoms with Crippen molar-refractivity contribution in [3.63, 3.8) is 0 Å². The average Bonchev–Trinajstić information content (AvgIpc) is 2.70. The molecule has 0 bridgehead atoms. The van der Waals surface area contributed by atoms with E-state index in [1.807, 2.05) is 20.8 Å². The van der Waals surface area contributed by atoms with Crippen LogP contribution >= 0.6 is 23.2 Å². The van der Waals surface area contributed by atoms with E-state index in [1.54, 1.807) is 29.2 Å². The first-order valence-electron chi connectivity index (χ1n) is 9.83. The molecule has 6 nitrogen and oxygen atoms in total. The summed E-state index contributed by atoms with van der Waals surface area (Å²) in [5.74, 6) is 0.249. The number of halogens is 2. The predicted octanol–water partition coefficient (Wildman–Crippen LogP) is 5.40. The van der Waals surface area contributed by atoms with Gasteiger partial charge in [0, 0.05) is 24.7 Å². The zero-order valence-corrected chi connectivity index (χ0v) is 18.8. The fraction of sp³-hybridized carbons (Fsp3) is 0.409. The van der Waals surface area contributed by atoms with E-state index in [4.69, 9.17) is 27.9 Å². The Morgan fingerprint density at radius 1 is 1.23 bits per heavy atom. The molecule has 1 atom stereocenters. The topological polar surface area (TPSA) is 71.5 Å². The molecular weight excluding hydrogens is 425 g/mol. The van der Waals surface area contributed by atoms with E-state index in [0.717, 1.165) is 12.8 Å². The van der Waals surface area contributed by atoms with Gasteiger partial charge < -0.3 is 15.0 Å². The van der Waals surface area contributed by atoms with Crippen molar-refractivity contribution in [2.24, 2.45) is 11.3 Å². The minimum Gasteiger partial charge on any atom is -0.435 e. The summed E-state index contributed by atoms with van der Waals surface area (Å²) in [5, 5.41) is 3.60. The van der Waals surface area contributed by atoms with Crippen LogP contribution in [0.5, 0.6) is 11.6 Å². The first-order chi connectivity index (χ1) is 14.1. The summed E-state index contributed by atoms with van der Waals surface area (Å²) in [6, 6.07) is 8.60. The molecule has 8 heteroatoms. The largest absolute Gasteiger partial charge is 0.435 e. The third-order valence-corrected chi connectivity index (χ3v) is 5.32. The Morgan fingerprint density at radius 2 is 1.97 bits per heavy atom. The summed E-state index contributed by atoms with van der Waals surface area (Å²) in [5.41, 5.74) is 0.0403. The van der Waals surface area contributed by atoms with E-state index in [9.17, 15) is 9.59 Å². The predicted molar refractivity (Wildman–Crippen MR) is 118 cm³/mol. The number of para-hydroxylation sites is 2. The molecule has 2 heterocycles. The van der Waals surface area contributed by atoms with Gasteiger partial charge in [0.2, 0.25) is 17.7 Å². The molecule has 160 valence electrons. The summed E-state index contributed by atoms with van der Waals surface area (Å²) in [6.45, 7) is 6.77. The van der Waals surface area contributed by atoms with Crippen LogP contribution < -0.4 is 10.1 Å². The molecule has 0 spiro atoms. The second-order valence-corrected chi connectivity index (χ2v) is 9.21. The summed E-state index contributed by atoms with van der Waals surface area (Å²) in [6.07, 6.45) is 2.96. The number of pyridine rings is 1. The fourth-order valence-electron chi connectivity index (χ4n) is 3.32. The van der Waals surface area contributed by atoms with Crippen LogP contribution in [0.2, 0.25) is 10.0 Å². The number of carbonyl (C=O) groups excluding carboxylic acids is 2. The third kappa shape index (κ3) is 5.43. The number of piperidine rings is 1. The van der Waals surface area contributed by atoms with Crippen LogP contribution in [0.3, 0.4) is 0 Å². The molecule has 1 aromatic heterocycles. The summed E-state index contributed by atoms with van der Waals surface area (Å²) in [4.78, 5) is 31.4. The van der Waals surface area contributed by atoms with E-state index in [0.29, 0.717) is 29.5 Å². The summed E-state index contributed by atoms with van der Waals surface area (Å²) < 4.78 is 5.81. The number of amides is 2. The van der Waals surface area contributed by atoms with Gasteiger partial charge in [-0.2, -0.15) is 0 Å². The number of rotatable bonds is 4. The van der Waals surface area contributed by atoms with Crippen molar-refractivity contribution in [3.05, 3.63) is 46.6 Å². The maximum atomic E-state index is 12.9. The molecule has 1 aliphatic rings. The quantitative estimate of drug-likeness (QED) is 0.677. The summed E-state index contributed by atoms with van der Waals surface area (Å²) in [7, 11) is 0. The molecule has 0 radical (unpaired) electrons. The van der Waals surface area contributed by atoms with E-state index >= 15 is 0 Å². The smallest absolute Gasteiger partial charge is 0.238 e. The van der Waals surface area contributed by atoms with Crippen LogP contribution in [0.25, 0.3) is 0 Å². The number of carbonyl (C=O) groups is 2. The SMILES string of the molecule is CC(C)(C)C(=O)N1CCCC(C(=O)Nc2ccccc2Oc2ncc(Cl)cc2Cl)C1. The van der Waals surface area contributed by atoms with Crippen molar-refractivity contribution in [2.45, 2.75) is 33.6 Å². The van der Waals surface area contributed by atoms with Gasteiger partial charge >= 0.3 is 0 Å². The molecule has 0 aliphatic carbocycles. The lowest BCUT2D eigenvalue weighted by atomic mass is 9.91. The molecule has 1 saturated heterocycles. The van der Waals surface area contributed by atoms with Crippen LogP contribution in [0, 0.1) is 11.3 Å². The van der Waals surface area contributed by atoms with Crippen LogP contribution in [0.1, 0.15) is 33.6 Å². The van der Waals surface area contributed by atoms with Crippen LogP contribution in [0.4, 0.5) is 5.69 Å². The van der Waals surface area contributed by atoms with Gasteiger partial charge in [-0.05, 0) is 31.0 Å². The van der Waals surface area contributed by atoms with Crippen molar-refractivity contribution in [1.82, 2.24) is 9.88 Å². The minimum absolute atomic E-state index is 0.0622. The Labute approximate surface area is 186 Å². The van der Waals surface area contributed by atoms with Gasteiger partial charge in [-0.1, -0.05) is 56.1 Å². The second kappa shape index (κ2) is 9.23. The highest BCUT2D eigenvalue weighted by Crippen LogP contribution is 2.34. The molecule has 2 amide bonds. The monoisotopic (exact) mass is 449 g/mol. The Morgan fingerprint density at radius 3 is 2.67 bits per heavy atom. The van der Waals surface area contributed by atoms with Gasteiger partial charge in [0.25, 0.3) is 0 Å². The molecule has 1 fully saturated rings. The van der Waals surface area contributed by atoms with E-state index in [1.165, 1.54) is 12.3 Å². The van der Waals surface area contributed by atoms with Gasteiger partial charge in [-0.25, -0.2) is 4.98 Å². The molecule has 1 aromatic carbocycles. The van der Waals surface area contributed by atoms with Gasteiger partial charge in [0.05, 0.1) is 16.6 Å². The van der Waals surface area contributed by atoms with Gasteiger partial charge in [-0.15, -0.1) is 0 Å². The number of benzene rings is 1. The van der Waals surface area contributed by atoms with E-state index in [2.05, 4.69) is 10.3 Å². The number of nitrogens with zero attached hydrogens (tertiary/aromatic N) is 2. The van der Waals surface area contributed by atoms with Gasteiger partial charge in [0.1, 0.15) is 5.02 Å². The highest BCUT2D eigenvalue weighted by molar-refractivity contribution is 6.35. The lowest BCUT2D eigenvalue weighted by Gasteiger charge is -2.35. The molecule has 1 aliphatic heterocycles. The van der Waals surface area contributed by atoms with Crippen molar-refractivity contribution >= 4 is 40.7 Å². The maximum Gasteiger partial charge on any atom is 0.238 e. The molecule has 3 rings (SSSR count). The van der Waals surface area contributed by atoms with Gasteiger partial charge in [0.15, 0.2) is 5.75 Å². The zero-order chi connectivity index (χ0) is 21.9. The zero-order valence-electron chi connectivity index (χ0n) is 17.2. The van der Waals surface area contributed by atoms with Crippen LogP contribution in [-0.4, -0.2) is 34.8 Å². The highest BCUT2D eigenvalue weighted by Gasteiger charge is 2.33. The fourth-order valence-corrected chi connectivity index (χ4v) is 3.74. The van der Waals surface area contributed by atoms with Crippen molar-refractivity contribution in [2.75, 3.05) is 18.4 Å². The first kappa shape index (κ1) is 22.4. The van der Waals surface area contributed by atoms with E-state index < -0.39 is 5.41 Å². The summed E-state index contributed by atoms with van der Waals surface area (Å²) >= 11 is 12.0. The molecule has 1 N–H and O–H groups in total. The number of aromatic nitrogens is 1. The van der Waals surface area contributed by atoms with Crippen LogP contribution in [0.15, 0.2) is 36.5 Å². The van der Waals surface area contributed by atoms with Crippen LogP contribution in [-0.2, 0) is 9.59 Å². The van der Waals surface area contributed by atoms with Crippen molar-refractivity contribution < 1.29 is 14.3 Å². The van der Waals surface area contributed by atoms with Crippen molar-refractivity contribution in [1.29, 1.82) is 0 Å². The number of likely N-dealkylation sites (tertiary alicyclic amines) is 1. The Hall–Kier alpha value is -2.31. The highest BCUT2D eigenvalue weighted by atomic mass is 35.5. The number of hydrogen-bond acceptors (Lipinski definition) is 4. The lowest BCUT2D eigenvalue weighted by molar-refractivity contribution is -0.142. The average molecular weight is 450 g/mol. The molecule has 0 saturated carbocycles. The maximum absolute atomic E-state index is 12.9. The Kier molecular flexibility index (Phi) is 6.88. The number of hydrogen-bond donors (Lipinski definition) is 1. The van der Waals surface area contributed by atoms with Crippen molar-refractivity contribution in [3.8, 4) is 11.6 Å². The Balaban J connectivity index is 1.72. The van der Waals surface area contributed by atoms with E-state index in [-0.39, 0.29) is 28.6 Å². The molecule has 2 aromatic rings. The number of anilines is 1. The lowest BCUT2D eigenvalue weighted by Crippen LogP contribution is -2.47. The molecule has 30 heavy (non-hydrogen) atoms. The first-order valence-corrected chi connectivity index (χ1v) is 10.6. The second-order valence-electron chi connectivity index (χ2n) is 8.37. The molecule has 1 unspecified atom stereocenters. The number of nitrogens with one attached hydrogen (secondary N) is 1.